The highest BCUT2D eigenvalue weighted by Crippen LogP contribution is 2.27. The molecule has 0 aliphatic carbocycles. The zero-order valence-corrected chi connectivity index (χ0v) is 13.2. The molecule has 1 aliphatic heterocycles. The van der Waals surface area contributed by atoms with Crippen molar-refractivity contribution in [3.05, 3.63) is 57.6 Å². The van der Waals surface area contributed by atoms with Crippen LogP contribution in [-0.2, 0) is 6.42 Å². The van der Waals surface area contributed by atoms with Crippen molar-refractivity contribution in [2.24, 2.45) is 0 Å². The van der Waals surface area contributed by atoms with Crippen LogP contribution in [0.25, 0.3) is 0 Å². The van der Waals surface area contributed by atoms with Crippen molar-refractivity contribution >= 4 is 11.6 Å². The Kier molecular flexibility index (Phi) is 4.22. The summed E-state index contributed by atoms with van der Waals surface area (Å²) in [6, 6.07) is 8.31. The van der Waals surface area contributed by atoms with Gasteiger partial charge in [0.05, 0.1) is 0 Å². The molecule has 1 aromatic heterocycles. The molecule has 0 radical (unpaired) electrons. The van der Waals surface area contributed by atoms with Gasteiger partial charge in [0.1, 0.15) is 5.82 Å². The Morgan fingerprint density at radius 1 is 1.24 bits per heavy atom. The Hall–Kier alpha value is -1.45. The topological polar surface area (TPSA) is 37.8 Å². The van der Waals surface area contributed by atoms with E-state index in [9.17, 15) is 0 Å². The second kappa shape index (κ2) is 6.12. The van der Waals surface area contributed by atoms with Gasteiger partial charge < -0.3 is 5.32 Å². The number of aryl methyl sites for hydroxylation is 2. The van der Waals surface area contributed by atoms with E-state index in [1.165, 1.54) is 18.4 Å². The molecule has 1 fully saturated rings. The number of aromatic nitrogens is 2. The maximum atomic E-state index is 6.04. The van der Waals surface area contributed by atoms with Crippen molar-refractivity contribution in [3.63, 3.8) is 0 Å². The standard InChI is InChI=1S/C17H20ClN3/c1-11-17(15-7-4-8-19-15)12(2)21-16(20-11)10-13-5-3-6-14(18)9-13/h3,5-6,9,15,19H,4,7-8,10H2,1-2H3. The van der Waals surface area contributed by atoms with Gasteiger partial charge >= 0.3 is 0 Å². The third-order valence-corrected chi connectivity index (χ3v) is 4.27. The van der Waals surface area contributed by atoms with Crippen LogP contribution in [0, 0.1) is 13.8 Å². The molecular formula is C17H20ClN3. The lowest BCUT2D eigenvalue weighted by Crippen LogP contribution is -2.17. The second-order valence-electron chi connectivity index (χ2n) is 5.68. The minimum absolute atomic E-state index is 0.421. The molecule has 1 aromatic carbocycles. The van der Waals surface area contributed by atoms with Crippen molar-refractivity contribution in [2.45, 2.75) is 39.2 Å². The fourth-order valence-electron chi connectivity index (χ4n) is 3.14. The molecule has 3 nitrogen and oxygen atoms in total. The average Bonchev–Trinajstić information content (AvgIpc) is 2.91. The first kappa shape index (κ1) is 14.5. The van der Waals surface area contributed by atoms with Crippen LogP contribution in [0.3, 0.4) is 0 Å². The smallest absolute Gasteiger partial charge is 0.133 e. The van der Waals surface area contributed by atoms with Crippen LogP contribution in [0.15, 0.2) is 24.3 Å². The summed E-state index contributed by atoms with van der Waals surface area (Å²) in [5.74, 6) is 0.869. The minimum Gasteiger partial charge on any atom is -0.310 e. The summed E-state index contributed by atoms with van der Waals surface area (Å²) >= 11 is 6.04. The lowest BCUT2D eigenvalue weighted by atomic mass is 10.0. The molecule has 0 spiro atoms. The first-order valence-corrected chi connectivity index (χ1v) is 7.83. The van der Waals surface area contributed by atoms with Crippen LogP contribution < -0.4 is 5.32 Å². The molecule has 2 heterocycles. The Morgan fingerprint density at radius 2 is 2.00 bits per heavy atom. The summed E-state index contributed by atoms with van der Waals surface area (Å²) < 4.78 is 0. The molecule has 110 valence electrons. The molecule has 0 bridgehead atoms. The largest absolute Gasteiger partial charge is 0.310 e. The van der Waals surface area contributed by atoms with Gasteiger partial charge in [0.2, 0.25) is 0 Å². The van der Waals surface area contributed by atoms with Crippen molar-refractivity contribution in [2.75, 3.05) is 6.54 Å². The predicted octanol–water partition coefficient (Wildman–Crippen LogP) is 3.76. The number of nitrogens with zero attached hydrogens (tertiary/aromatic N) is 2. The highest BCUT2D eigenvalue weighted by Gasteiger charge is 2.21. The van der Waals surface area contributed by atoms with E-state index in [0.29, 0.717) is 6.04 Å². The zero-order valence-electron chi connectivity index (χ0n) is 12.5. The molecule has 0 amide bonds. The van der Waals surface area contributed by atoms with Crippen LogP contribution in [0.5, 0.6) is 0 Å². The van der Waals surface area contributed by atoms with E-state index in [4.69, 9.17) is 21.6 Å². The number of hydrogen-bond acceptors (Lipinski definition) is 3. The number of halogens is 1. The SMILES string of the molecule is Cc1nc(Cc2cccc(Cl)c2)nc(C)c1C1CCCN1. The fourth-order valence-corrected chi connectivity index (χ4v) is 3.35. The Balaban J connectivity index is 1.87. The van der Waals surface area contributed by atoms with Gasteiger partial charge in [0, 0.05) is 34.4 Å². The van der Waals surface area contributed by atoms with Gasteiger partial charge in [-0.25, -0.2) is 9.97 Å². The van der Waals surface area contributed by atoms with Gasteiger partial charge in [-0.1, -0.05) is 23.7 Å². The van der Waals surface area contributed by atoms with E-state index in [1.807, 2.05) is 18.2 Å². The highest BCUT2D eigenvalue weighted by molar-refractivity contribution is 6.30. The molecule has 0 saturated carbocycles. The maximum Gasteiger partial charge on any atom is 0.133 e. The Morgan fingerprint density at radius 3 is 2.62 bits per heavy atom. The van der Waals surface area contributed by atoms with Crippen molar-refractivity contribution in [1.82, 2.24) is 15.3 Å². The van der Waals surface area contributed by atoms with Crippen LogP contribution in [0.2, 0.25) is 5.02 Å². The van der Waals surface area contributed by atoms with Gasteiger partial charge in [-0.2, -0.15) is 0 Å². The molecule has 1 unspecified atom stereocenters. The quantitative estimate of drug-likeness (QED) is 0.938. The monoisotopic (exact) mass is 301 g/mol. The van der Waals surface area contributed by atoms with Gasteiger partial charge in [-0.05, 0) is 50.9 Å². The molecule has 21 heavy (non-hydrogen) atoms. The lowest BCUT2D eigenvalue weighted by Gasteiger charge is -2.16. The number of rotatable bonds is 3. The minimum atomic E-state index is 0.421. The zero-order chi connectivity index (χ0) is 14.8. The van der Waals surface area contributed by atoms with E-state index in [0.717, 1.165) is 40.8 Å². The van der Waals surface area contributed by atoms with E-state index in [2.05, 4.69) is 25.2 Å². The van der Waals surface area contributed by atoms with Crippen molar-refractivity contribution < 1.29 is 0 Å². The van der Waals surface area contributed by atoms with Gasteiger partial charge in [0.15, 0.2) is 0 Å². The summed E-state index contributed by atoms with van der Waals surface area (Å²) in [4.78, 5) is 9.42. The average molecular weight is 302 g/mol. The maximum absolute atomic E-state index is 6.04. The summed E-state index contributed by atoms with van der Waals surface area (Å²) in [5.41, 5.74) is 4.62. The van der Waals surface area contributed by atoms with Crippen LogP contribution in [0.1, 0.15) is 47.2 Å². The normalized spacial score (nSPS) is 18.1. The molecule has 1 aliphatic rings. The molecule has 1 atom stereocenters. The number of benzene rings is 1. The van der Waals surface area contributed by atoms with Crippen LogP contribution in [-0.4, -0.2) is 16.5 Å². The number of hydrogen-bond donors (Lipinski definition) is 1. The van der Waals surface area contributed by atoms with Crippen molar-refractivity contribution in [1.29, 1.82) is 0 Å². The van der Waals surface area contributed by atoms with Crippen LogP contribution >= 0.6 is 11.6 Å². The summed E-state index contributed by atoms with van der Waals surface area (Å²) in [5, 5.41) is 4.29. The summed E-state index contributed by atoms with van der Waals surface area (Å²) in [6.45, 7) is 5.27. The van der Waals surface area contributed by atoms with Gasteiger partial charge in [-0.3, -0.25) is 0 Å². The molecular weight excluding hydrogens is 282 g/mol. The lowest BCUT2D eigenvalue weighted by molar-refractivity contribution is 0.627. The molecule has 2 aromatic rings. The number of nitrogens with one attached hydrogen (secondary N) is 1. The molecule has 1 saturated heterocycles. The van der Waals surface area contributed by atoms with E-state index in [1.54, 1.807) is 0 Å². The molecule has 1 N–H and O–H groups in total. The first-order chi connectivity index (χ1) is 10.1. The summed E-state index contributed by atoms with van der Waals surface area (Å²) in [7, 11) is 0. The fraction of sp³-hybridized carbons (Fsp3) is 0.412. The second-order valence-corrected chi connectivity index (χ2v) is 6.12. The third-order valence-electron chi connectivity index (χ3n) is 4.03. The Labute approximate surface area is 130 Å². The van der Waals surface area contributed by atoms with Gasteiger partial charge in [-0.15, -0.1) is 0 Å². The third kappa shape index (κ3) is 3.25. The van der Waals surface area contributed by atoms with Crippen molar-refractivity contribution in [3.8, 4) is 0 Å². The Bertz CT molecular complexity index is 625. The molecule has 3 rings (SSSR count). The van der Waals surface area contributed by atoms with E-state index in [-0.39, 0.29) is 0 Å². The van der Waals surface area contributed by atoms with E-state index < -0.39 is 0 Å². The first-order valence-electron chi connectivity index (χ1n) is 7.45. The molecule has 4 heteroatoms. The summed E-state index contributed by atoms with van der Waals surface area (Å²) in [6.07, 6.45) is 3.13. The highest BCUT2D eigenvalue weighted by atomic mass is 35.5. The predicted molar refractivity (Wildman–Crippen MR) is 85.7 cm³/mol. The van der Waals surface area contributed by atoms with Crippen LogP contribution in [0.4, 0.5) is 0 Å². The van der Waals surface area contributed by atoms with Gasteiger partial charge in [0.25, 0.3) is 0 Å². The van der Waals surface area contributed by atoms with E-state index >= 15 is 0 Å².